The first-order chi connectivity index (χ1) is 17.7. The lowest BCUT2D eigenvalue weighted by molar-refractivity contribution is -0.385. The molecule has 9 nitrogen and oxygen atoms in total. The topological polar surface area (TPSA) is 114 Å². The minimum absolute atomic E-state index is 0.00377. The first kappa shape index (κ1) is 24.5. The molecule has 10 heteroatoms. The highest BCUT2D eigenvalue weighted by Crippen LogP contribution is 2.35. The van der Waals surface area contributed by atoms with Crippen LogP contribution in [0, 0.1) is 24.0 Å². The summed E-state index contributed by atoms with van der Waals surface area (Å²) in [6.07, 6.45) is 2.18. The van der Waals surface area contributed by atoms with Crippen molar-refractivity contribution in [1.82, 2.24) is 9.80 Å². The number of amides is 3. The summed E-state index contributed by atoms with van der Waals surface area (Å²) < 4.78 is 5.82. The van der Waals surface area contributed by atoms with E-state index in [-0.39, 0.29) is 23.0 Å². The van der Waals surface area contributed by atoms with Crippen LogP contribution >= 0.6 is 11.8 Å². The van der Waals surface area contributed by atoms with Crippen molar-refractivity contribution in [2.24, 2.45) is 0 Å². The van der Waals surface area contributed by atoms with Gasteiger partial charge < -0.3 is 9.32 Å². The zero-order valence-electron chi connectivity index (χ0n) is 20.2. The minimum Gasteiger partial charge on any atom is -0.457 e. The average molecular weight is 518 g/mol. The molecular weight excluding hydrogens is 494 g/mol. The van der Waals surface area contributed by atoms with E-state index in [1.165, 1.54) is 17.7 Å². The number of imide groups is 1. The largest absolute Gasteiger partial charge is 0.457 e. The Labute approximate surface area is 216 Å². The van der Waals surface area contributed by atoms with Gasteiger partial charge in [0.25, 0.3) is 16.8 Å². The van der Waals surface area contributed by atoms with Gasteiger partial charge in [-0.3, -0.25) is 29.4 Å². The van der Waals surface area contributed by atoms with Crippen LogP contribution in [0.25, 0.3) is 17.4 Å². The number of fused-ring (bicyclic) bond motifs is 1. The first-order valence-corrected chi connectivity index (χ1v) is 12.5. The van der Waals surface area contributed by atoms with Gasteiger partial charge in [0.05, 0.1) is 9.83 Å². The third kappa shape index (κ3) is 4.79. The standard InChI is InChI=1S/C27H23N3O6S/c1-16-11-20(12-22(17(16)2)30(34)35)23-8-7-21(36-23)13-24-26(32)29(27(33)37-24)15-25(31)28-10-9-18-5-3-4-6-19(18)14-28/h3-8,11-13H,9-10,14-15H2,1-2H3/b24-13+. The van der Waals surface area contributed by atoms with E-state index in [9.17, 15) is 24.5 Å². The second-order valence-electron chi connectivity index (χ2n) is 9.00. The van der Waals surface area contributed by atoms with Gasteiger partial charge in [0.2, 0.25) is 5.91 Å². The van der Waals surface area contributed by atoms with Crippen molar-refractivity contribution in [1.29, 1.82) is 0 Å². The van der Waals surface area contributed by atoms with Gasteiger partial charge in [0, 0.05) is 36.4 Å². The summed E-state index contributed by atoms with van der Waals surface area (Å²) in [6.45, 7) is 4.14. The van der Waals surface area contributed by atoms with E-state index in [4.69, 9.17) is 4.42 Å². The number of hydrogen-bond acceptors (Lipinski definition) is 7. The molecule has 0 atom stereocenters. The predicted octanol–water partition coefficient (Wildman–Crippen LogP) is 5.09. The maximum absolute atomic E-state index is 12.9. The lowest BCUT2D eigenvalue weighted by Gasteiger charge is -2.29. The van der Waals surface area contributed by atoms with Crippen molar-refractivity contribution in [3.05, 3.63) is 91.6 Å². The number of carbonyl (C=O) groups is 3. The van der Waals surface area contributed by atoms with Crippen LogP contribution in [-0.4, -0.2) is 44.9 Å². The smallest absolute Gasteiger partial charge is 0.294 e. The highest BCUT2D eigenvalue weighted by atomic mass is 32.2. The van der Waals surface area contributed by atoms with E-state index < -0.39 is 16.1 Å². The van der Waals surface area contributed by atoms with Gasteiger partial charge in [0.1, 0.15) is 18.1 Å². The molecule has 1 fully saturated rings. The summed E-state index contributed by atoms with van der Waals surface area (Å²) in [7, 11) is 0. The zero-order valence-corrected chi connectivity index (χ0v) is 21.0. The molecule has 0 spiro atoms. The molecule has 2 aliphatic heterocycles. The molecule has 1 saturated heterocycles. The predicted molar refractivity (Wildman–Crippen MR) is 139 cm³/mol. The molecule has 0 saturated carbocycles. The molecule has 0 bridgehead atoms. The Kier molecular flexibility index (Phi) is 6.43. The Bertz CT molecular complexity index is 1490. The van der Waals surface area contributed by atoms with Crippen molar-refractivity contribution in [2.75, 3.05) is 13.1 Å². The maximum Gasteiger partial charge on any atom is 0.294 e. The fraction of sp³-hybridized carbons (Fsp3) is 0.222. The molecule has 0 unspecified atom stereocenters. The first-order valence-electron chi connectivity index (χ1n) is 11.7. The summed E-state index contributed by atoms with van der Waals surface area (Å²) in [4.78, 5) is 52.1. The molecular formula is C27H23N3O6S. The molecule has 3 aromatic rings. The highest BCUT2D eigenvalue weighted by Gasteiger charge is 2.37. The Morgan fingerprint density at radius 2 is 1.89 bits per heavy atom. The highest BCUT2D eigenvalue weighted by molar-refractivity contribution is 8.18. The molecule has 0 N–H and O–H groups in total. The number of benzene rings is 2. The van der Waals surface area contributed by atoms with Crippen LogP contribution < -0.4 is 0 Å². The van der Waals surface area contributed by atoms with E-state index >= 15 is 0 Å². The SMILES string of the molecule is Cc1cc(-c2ccc(/C=C3/SC(=O)N(CC(=O)N4CCc5ccccc5C4)C3=O)o2)cc([N+](=O)[O-])c1C. The summed E-state index contributed by atoms with van der Waals surface area (Å²) in [5, 5.41) is 10.9. The number of nitrogens with zero attached hydrogens (tertiary/aromatic N) is 3. The molecule has 1 aromatic heterocycles. The number of nitro groups is 1. The van der Waals surface area contributed by atoms with Gasteiger partial charge in [-0.15, -0.1) is 0 Å². The summed E-state index contributed by atoms with van der Waals surface area (Å²) in [5.41, 5.74) is 4.14. The van der Waals surface area contributed by atoms with Crippen LogP contribution in [0.3, 0.4) is 0 Å². The van der Waals surface area contributed by atoms with Crippen LogP contribution in [-0.2, 0) is 22.6 Å². The second-order valence-corrected chi connectivity index (χ2v) is 9.99. The summed E-state index contributed by atoms with van der Waals surface area (Å²) in [5.74, 6) is -0.118. The van der Waals surface area contributed by atoms with E-state index in [0.29, 0.717) is 35.7 Å². The normalized spacial score (nSPS) is 16.4. The summed E-state index contributed by atoms with van der Waals surface area (Å²) in [6, 6.07) is 14.4. The molecule has 37 heavy (non-hydrogen) atoms. The van der Waals surface area contributed by atoms with Gasteiger partial charge in [0.15, 0.2) is 0 Å². The molecule has 3 amide bonds. The number of carbonyl (C=O) groups excluding carboxylic acids is 3. The Morgan fingerprint density at radius 3 is 2.65 bits per heavy atom. The van der Waals surface area contributed by atoms with E-state index in [0.717, 1.165) is 34.2 Å². The van der Waals surface area contributed by atoms with Crippen molar-refractivity contribution in [3.8, 4) is 11.3 Å². The average Bonchev–Trinajstić information content (AvgIpc) is 3.45. The molecule has 3 heterocycles. The van der Waals surface area contributed by atoms with Gasteiger partial charge >= 0.3 is 0 Å². The van der Waals surface area contributed by atoms with Crippen LogP contribution in [0.5, 0.6) is 0 Å². The lowest BCUT2D eigenvalue weighted by Crippen LogP contribution is -2.44. The van der Waals surface area contributed by atoms with Crippen molar-refractivity contribution < 1.29 is 23.7 Å². The summed E-state index contributed by atoms with van der Waals surface area (Å²) >= 11 is 0.748. The minimum atomic E-state index is -0.555. The monoisotopic (exact) mass is 517 g/mol. The fourth-order valence-electron chi connectivity index (χ4n) is 4.47. The number of hydrogen-bond donors (Lipinski definition) is 0. The Hall–Kier alpha value is -4.18. The van der Waals surface area contributed by atoms with E-state index in [1.54, 1.807) is 36.9 Å². The van der Waals surface area contributed by atoms with Crippen LogP contribution in [0.1, 0.15) is 28.0 Å². The van der Waals surface area contributed by atoms with Gasteiger partial charge in [-0.25, -0.2) is 0 Å². The Morgan fingerprint density at radius 1 is 1.14 bits per heavy atom. The number of furan rings is 1. The molecule has 0 aliphatic carbocycles. The van der Waals surface area contributed by atoms with E-state index in [2.05, 4.69) is 0 Å². The molecule has 188 valence electrons. The number of rotatable bonds is 5. The lowest BCUT2D eigenvalue weighted by atomic mass is 10.00. The fourth-order valence-corrected chi connectivity index (χ4v) is 5.29. The van der Waals surface area contributed by atoms with Crippen LogP contribution in [0.2, 0.25) is 0 Å². The van der Waals surface area contributed by atoms with Crippen molar-refractivity contribution in [3.63, 3.8) is 0 Å². The molecule has 0 radical (unpaired) electrons. The third-order valence-electron chi connectivity index (χ3n) is 6.67. The maximum atomic E-state index is 12.9. The van der Waals surface area contributed by atoms with Crippen LogP contribution in [0.15, 0.2) is 57.9 Å². The van der Waals surface area contributed by atoms with Gasteiger partial charge in [-0.05, 0) is 66.9 Å². The van der Waals surface area contributed by atoms with Crippen LogP contribution in [0.4, 0.5) is 10.5 Å². The Balaban J connectivity index is 1.30. The molecule has 2 aromatic carbocycles. The number of thioether (sulfide) groups is 1. The van der Waals surface area contributed by atoms with Gasteiger partial charge in [-0.2, -0.15) is 0 Å². The van der Waals surface area contributed by atoms with Crippen molar-refractivity contribution >= 4 is 40.6 Å². The second kappa shape index (κ2) is 9.70. The van der Waals surface area contributed by atoms with E-state index in [1.807, 2.05) is 24.3 Å². The zero-order chi connectivity index (χ0) is 26.3. The van der Waals surface area contributed by atoms with Crippen molar-refractivity contribution in [2.45, 2.75) is 26.8 Å². The third-order valence-corrected chi connectivity index (χ3v) is 7.58. The quantitative estimate of drug-likeness (QED) is 0.263. The molecule has 5 rings (SSSR count). The number of aryl methyl sites for hydroxylation is 1. The number of nitro benzene ring substituents is 1. The molecule has 2 aliphatic rings. The van der Waals surface area contributed by atoms with Gasteiger partial charge in [-0.1, -0.05) is 24.3 Å².